The van der Waals surface area contributed by atoms with Crippen LogP contribution in [-0.4, -0.2) is 38.0 Å². The van der Waals surface area contributed by atoms with Crippen molar-refractivity contribution >= 4 is 12.3 Å². The van der Waals surface area contributed by atoms with Crippen LogP contribution in [-0.2, 0) is 4.79 Å². The first kappa shape index (κ1) is 8.99. The number of urea groups is 1. The van der Waals surface area contributed by atoms with E-state index in [1.807, 2.05) is 0 Å². The fourth-order valence-electron chi connectivity index (χ4n) is 1.15. The van der Waals surface area contributed by atoms with Gasteiger partial charge in [0, 0.05) is 12.6 Å². The highest BCUT2D eigenvalue weighted by molar-refractivity contribution is 5.76. The van der Waals surface area contributed by atoms with E-state index in [0.29, 0.717) is 6.29 Å². The molecule has 68 valence electrons. The lowest BCUT2D eigenvalue weighted by molar-refractivity contribution is -0.107. The Morgan fingerprint density at radius 1 is 1.67 bits per heavy atom. The molecule has 1 aliphatic rings. The molecule has 5 heteroatoms. The number of rotatable bonds is 3. The van der Waals surface area contributed by atoms with Crippen LogP contribution in [0.3, 0.4) is 0 Å². The van der Waals surface area contributed by atoms with Crippen LogP contribution < -0.4 is 16.0 Å². The average Bonchev–Trinajstić information content (AvgIpc) is 2.53. The quantitative estimate of drug-likeness (QED) is 0.469. The van der Waals surface area contributed by atoms with Gasteiger partial charge in [-0.05, 0) is 13.0 Å². The number of carbonyl (C=O) groups is 2. The normalized spacial score (nSPS) is 21.8. The van der Waals surface area contributed by atoms with Crippen LogP contribution in [0.5, 0.6) is 0 Å². The van der Waals surface area contributed by atoms with Crippen molar-refractivity contribution in [2.24, 2.45) is 0 Å². The molecule has 0 aromatic carbocycles. The summed E-state index contributed by atoms with van der Waals surface area (Å²) in [4.78, 5) is 20.8. The molecule has 3 N–H and O–H groups in total. The smallest absolute Gasteiger partial charge is 0.315 e. The number of carbonyl (C=O) groups excluding carboxylic acids is 2. The number of aldehydes is 1. The summed E-state index contributed by atoms with van der Waals surface area (Å²) in [6.07, 6.45) is 1.61. The molecule has 1 unspecified atom stereocenters. The molecule has 2 amide bonds. The van der Waals surface area contributed by atoms with Crippen molar-refractivity contribution in [3.63, 3.8) is 0 Å². The first-order valence-electron chi connectivity index (χ1n) is 4.01. The Labute approximate surface area is 70.9 Å². The van der Waals surface area contributed by atoms with Crippen LogP contribution in [0.4, 0.5) is 4.79 Å². The molecule has 0 spiro atoms. The zero-order chi connectivity index (χ0) is 8.81. The molecule has 0 saturated carbocycles. The van der Waals surface area contributed by atoms with Crippen molar-refractivity contribution in [1.29, 1.82) is 0 Å². The van der Waals surface area contributed by atoms with E-state index in [0.717, 1.165) is 19.5 Å². The maximum absolute atomic E-state index is 10.9. The summed E-state index contributed by atoms with van der Waals surface area (Å²) in [5, 5.41) is 8.28. The number of hydrogen-bond donors (Lipinski definition) is 3. The van der Waals surface area contributed by atoms with Gasteiger partial charge >= 0.3 is 6.03 Å². The third-order valence-corrected chi connectivity index (χ3v) is 1.74. The Kier molecular flexibility index (Phi) is 3.53. The Morgan fingerprint density at radius 3 is 3.08 bits per heavy atom. The van der Waals surface area contributed by atoms with E-state index in [1.54, 1.807) is 0 Å². The van der Waals surface area contributed by atoms with Gasteiger partial charge in [-0.15, -0.1) is 0 Å². The molecule has 1 atom stereocenters. The minimum absolute atomic E-state index is 0.0754. The highest BCUT2D eigenvalue weighted by Gasteiger charge is 2.15. The fraction of sp³-hybridized carbons (Fsp3) is 0.714. The molecular weight excluding hydrogens is 158 g/mol. The van der Waals surface area contributed by atoms with Gasteiger partial charge in [0.2, 0.25) is 0 Å². The minimum atomic E-state index is -0.268. The first-order chi connectivity index (χ1) is 5.83. The maximum atomic E-state index is 10.9. The first-order valence-corrected chi connectivity index (χ1v) is 4.01. The Balaban J connectivity index is 2.11. The van der Waals surface area contributed by atoms with Gasteiger partial charge in [0.05, 0.1) is 6.54 Å². The molecule has 1 fully saturated rings. The molecule has 0 aromatic heterocycles. The molecule has 1 rings (SSSR count). The Bertz CT molecular complexity index is 166. The standard InChI is InChI=1S/C7H13N3O2/c11-4-3-9-7(12)10-6-1-2-8-5-6/h4,6,8H,1-3,5H2,(H2,9,10,12). The van der Waals surface area contributed by atoms with Crippen molar-refractivity contribution in [3.05, 3.63) is 0 Å². The van der Waals surface area contributed by atoms with E-state index in [4.69, 9.17) is 0 Å². The molecule has 0 aromatic rings. The highest BCUT2D eigenvalue weighted by Crippen LogP contribution is 1.95. The van der Waals surface area contributed by atoms with Gasteiger partial charge in [-0.3, -0.25) is 0 Å². The van der Waals surface area contributed by atoms with Crippen LogP contribution in [0, 0.1) is 0 Å². The van der Waals surface area contributed by atoms with Crippen LogP contribution >= 0.6 is 0 Å². The van der Waals surface area contributed by atoms with E-state index >= 15 is 0 Å². The number of hydrogen-bond acceptors (Lipinski definition) is 3. The van der Waals surface area contributed by atoms with E-state index in [-0.39, 0.29) is 18.6 Å². The lowest BCUT2D eigenvalue weighted by Crippen LogP contribution is -2.43. The van der Waals surface area contributed by atoms with Gasteiger partial charge in [0.1, 0.15) is 6.29 Å². The summed E-state index contributed by atoms with van der Waals surface area (Å²) in [6, 6.07) is -0.0625. The third-order valence-electron chi connectivity index (χ3n) is 1.74. The van der Waals surface area contributed by atoms with Gasteiger partial charge < -0.3 is 20.7 Å². The minimum Gasteiger partial charge on any atom is -0.334 e. The SMILES string of the molecule is O=CCNC(=O)NC1CCNC1. The predicted molar refractivity (Wildman–Crippen MR) is 43.9 cm³/mol. The molecule has 1 saturated heterocycles. The average molecular weight is 171 g/mol. The van der Waals surface area contributed by atoms with Crippen molar-refractivity contribution in [3.8, 4) is 0 Å². The third kappa shape index (κ3) is 2.87. The van der Waals surface area contributed by atoms with Gasteiger partial charge in [0.15, 0.2) is 0 Å². The van der Waals surface area contributed by atoms with Crippen molar-refractivity contribution in [2.75, 3.05) is 19.6 Å². The molecule has 1 heterocycles. The molecule has 1 aliphatic heterocycles. The summed E-state index contributed by atoms with van der Waals surface area (Å²) in [5.74, 6) is 0. The van der Waals surface area contributed by atoms with E-state index in [9.17, 15) is 9.59 Å². The second-order valence-corrected chi connectivity index (χ2v) is 2.71. The lowest BCUT2D eigenvalue weighted by atomic mass is 10.3. The predicted octanol–water partition coefficient (Wildman–Crippen LogP) is -1.15. The van der Waals surface area contributed by atoms with E-state index < -0.39 is 0 Å². The summed E-state index contributed by atoms with van der Waals surface area (Å²) < 4.78 is 0. The fourth-order valence-corrected chi connectivity index (χ4v) is 1.15. The monoisotopic (exact) mass is 171 g/mol. The van der Waals surface area contributed by atoms with Crippen molar-refractivity contribution < 1.29 is 9.59 Å². The molecular formula is C7H13N3O2. The van der Waals surface area contributed by atoms with E-state index in [1.165, 1.54) is 0 Å². The lowest BCUT2D eigenvalue weighted by Gasteiger charge is -2.10. The van der Waals surface area contributed by atoms with Crippen molar-refractivity contribution in [2.45, 2.75) is 12.5 Å². The second-order valence-electron chi connectivity index (χ2n) is 2.71. The Morgan fingerprint density at radius 2 is 2.50 bits per heavy atom. The Hall–Kier alpha value is -1.10. The molecule has 0 aliphatic carbocycles. The zero-order valence-corrected chi connectivity index (χ0v) is 6.80. The van der Waals surface area contributed by atoms with E-state index in [2.05, 4.69) is 16.0 Å². The van der Waals surface area contributed by atoms with Gasteiger partial charge in [0.25, 0.3) is 0 Å². The van der Waals surface area contributed by atoms with Gasteiger partial charge in [-0.2, -0.15) is 0 Å². The van der Waals surface area contributed by atoms with Gasteiger partial charge in [-0.1, -0.05) is 0 Å². The van der Waals surface area contributed by atoms with Crippen LogP contribution in [0.25, 0.3) is 0 Å². The van der Waals surface area contributed by atoms with Crippen LogP contribution in [0.1, 0.15) is 6.42 Å². The molecule has 5 nitrogen and oxygen atoms in total. The summed E-state index contributed by atoms with van der Waals surface area (Å²) in [7, 11) is 0. The molecule has 0 bridgehead atoms. The molecule has 0 radical (unpaired) electrons. The summed E-state index contributed by atoms with van der Waals surface area (Å²) in [6.45, 7) is 1.83. The highest BCUT2D eigenvalue weighted by atomic mass is 16.2. The van der Waals surface area contributed by atoms with Crippen molar-refractivity contribution in [1.82, 2.24) is 16.0 Å². The summed E-state index contributed by atoms with van der Waals surface area (Å²) >= 11 is 0. The number of amides is 2. The zero-order valence-electron chi connectivity index (χ0n) is 6.80. The number of nitrogens with one attached hydrogen (secondary N) is 3. The van der Waals surface area contributed by atoms with Crippen LogP contribution in [0.15, 0.2) is 0 Å². The summed E-state index contributed by atoms with van der Waals surface area (Å²) in [5.41, 5.74) is 0. The van der Waals surface area contributed by atoms with Gasteiger partial charge in [-0.25, -0.2) is 4.79 Å². The van der Waals surface area contributed by atoms with Crippen LogP contribution in [0.2, 0.25) is 0 Å². The maximum Gasteiger partial charge on any atom is 0.315 e. The molecule has 12 heavy (non-hydrogen) atoms. The largest absolute Gasteiger partial charge is 0.334 e. The second kappa shape index (κ2) is 4.71. The topological polar surface area (TPSA) is 70.2 Å².